The van der Waals surface area contributed by atoms with Gasteiger partial charge in [0.25, 0.3) is 0 Å². The Kier molecular flexibility index (Phi) is 6.40. The van der Waals surface area contributed by atoms with Crippen molar-refractivity contribution in [2.24, 2.45) is 0 Å². The molecule has 0 heterocycles. The van der Waals surface area contributed by atoms with Crippen molar-refractivity contribution >= 4 is 27.5 Å². The van der Waals surface area contributed by atoms with E-state index in [0.29, 0.717) is 6.04 Å². The number of rotatable bonds is 6. The van der Waals surface area contributed by atoms with Gasteiger partial charge in [0.05, 0.1) is 0 Å². The molecular formula is C13H19BrClN. The van der Waals surface area contributed by atoms with Gasteiger partial charge in [-0.25, -0.2) is 0 Å². The molecule has 3 heteroatoms. The van der Waals surface area contributed by atoms with Gasteiger partial charge in [-0.1, -0.05) is 28.1 Å². The first-order valence-electron chi connectivity index (χ1n) is 5.68. The van der Waals surface area contributed by atoms with Crippen molar-refractivity contribution in [2.45, 2.75) is 32.9 Å². The van der Waals surface area contributed by atoms with E-state index >= 15 is 0 Å². The van der Waals surface area contributed by atoms with Crippen LogP contribution in [0.5, 0.6) is 0 Å². The maximum atomic E-state index is 5.74. The lowest BCUT2D eigenvalue weighted by Crippen LogP contribution is -2.31. The van der Waals surface area contributed by atoms with Crippen LogP contribution < -0.4 is 0 Å². The summed E-state index contributed by atoms with van der Waals surface area (Å²) in [6, 6.07) is 9.08. The molecule has 0 N–H and O–H groups in total. The van der Waals surface area contributed by atoms with Gasteiger partial charge in [0, 0.05) is 22.9 Å². The van der Waals surface area contributed by atoms with Crippen LogP contribution in [0.1, 0.15) is 25.8 Å². The molecule has 1 aromatic rings. The minimum Gasteiger partial charge on any atom is -0.297 e. The van der Waals surface area contributed by atoms with Crippen LogP contribution in [0.25, 0.3) is 0 Å². The second kappa shape index (κ2) is 7.31. The van der Waals surface area contributed by atoms with Crippen LogP contribution in [0.15, 0.2) is 28.7 Å². The normalized spacial score (nSPS) is 11.4. The molecule has 1 aromatic carbocycles. The van der Waals surface area contributed by atoms with Gasteiger partial charge in [-0.15, -0.1) is 11.6 Å². The largest absolute Gasteiger partial charge is 0.297 e. The van der Waals surface area contributed by atoms with Gasteiger partial charge < -0.3 is 0 Å². The van der Waals surface area contributed by atoms with E-state index < -0.39 is 0 Å². The molecule has 0 aromatic heterocycles. The van der Waals surface area contributed by atoms with Crippen LogP contribution in [-0.4, -0.2) is 23.4 Å². The van der Waals surface area contributed by atoms with Gasteiger partial charge in [0.15, 0.2) is 0 Å². The second-order valence-electron chi connectivity index (χ2n) is 4.23. The molecule has 0 radical (unpaired) electrons. The van der Waals surface area contributed by atoms with Crippen molar-refractivity contribution in [3.63, 3.8) is 0 Å². The molecule has 0 spiro atoms. The fourth-order valence-electron chi connectivity index (χ4n) is 1.61. The molecule has 0 aliphatic heterocycles. The minimum atomic E-state index is 0.562. The number of hydrogen-bond acceptors (Lipinski definition) is 1. The van der Waals surface area contributed by atoms with Crippen LogP contribution >= 0.6 is 27.5 Å². The third-order valence-corrected chi connectivity index (χ3v) is 3.40. The van der Waals surface area contributed by atoms with E-state index in [1.54, 1.807) is 0 Å². The predicted octanol–water partition coefficient (Wildman–Crippen LogP) is 4.29. The predicted molar refractivity (Wildman–Crippen MR) is 75.0 cm³/mol. The number of alkyl halides is 1. The first-order valence-corrected chi connectivity index (χ1v) is 7.00. The fourth-order valence-corrected chi connectivity index (χ4v) is 1.99. The summed E-state index contributed by atoms with van der Waals surface area (Å²) in [5.74, 6) is 0.740. The highest BCUT2D eigenvalue weighted by molar-refractivity contribution is 9.10. The summed E-state index contributed by atoms with van der Waals surface area (Å²) in [5, 5.41) is 0. The summed E-state index contributed by atoms with van der Waals surface area (Å²) in [4.78, 5) is 2.45. The molecule has 90 valence electrons. The molecule has 0 bridgehead atoms. The summed E-state index contributed by atoms with van der Waals surface area (Å²) < 4.78 is 1.13. The highest BCUT2D eigenvalue weighted by Crippen LogP contribution is 2.13. The molecule has 1 nitrogen and oxygen atoms in total. The Balaban J connectivity index is 2.57. The maximum Gasteiger partial charge on any atom is 0.0236 e. The third-order valence-electron chi connectivity index (χ3n) is 2.61. The maximum absolute atomic E-state index is 5.74. The molecule has 0 saturated carbocycles. The minimum absolute atomic E-state index is 0.562. The monoisotopic (exact) mass is 303 g/mol. The lowest BCUT2D eigenvalue weighted by atomic mass is 10.2. The van der Waals surface area contributed by atoms with E-state index in [4.69, 9.17) is 11.6 Å². The van der Waals surface area contributed by atoms with Crippen molar-refractivity contribution in [2.75, 3.05) is 12.4 Å². The van der Waals surface area contributed by atoms with Crippen molar-refractivity contribution < 1.29 is 0 Å². The summed E-state index contributed by atoms with van der Waals surface area (Å²) in [5.41, 5.74) is 1.35. The summed E-state index contributed by atoms with van der Waals surface area (Å²) in [6.45, 7) is 6.53. The molecule has 0 fully saturated rings. The van der Waals surface area contributed by atoms with Crippen molar-refractivity contribution in [3.8, 4) is 0 Å². The molecule has 16 heavy (non-hydrogen) atoms. The van der Waals surface area contributed by atoms with Crippen molar-refractivity contribution in [1.82, 2.24) is 4.90 Å². The Bertz CT molecular complexity index is 297. The summed E-state index contributed by atoms with van der Waals surface area (Å²) in [7, 11) is 0. The highest BCUT2D eigenvalue weighted by Gasteiger charge is 2.09. The summed E-state index contributed by atoms with van der Waals surface area (Å²) in [6.07, 6.45) is 1.05. The number of hydrogen-bond donors (Lipinski definition) is 0. The highest BCUT2D eigenvalue weighted by atomic mass is 79.9. The van der Waals surface area contributed by atoms with Crippen LogP contribution in [0.3, 0.4) is 0 Å². The van der Waals surface area contributed by atoms with Crippen LogP contribution in [-0.2, 0) is 6.54 Å². The SMILES string of the molecule is CC(C)N(CCCCl)Cc1ccc(Br)cc1. The van der Waals surface area contributed by atoms with E-state index in [-0.39, 0.29) is 0 Å². The van der Waals surface area contributed by atoms with Gasteiger partial charge in [-0.3, -0.25) is 4.90 Å². The first-order chi connectivity index (χ1) is 7.63. The molecule has 0 atom stereocenters. The molecule has 0 saturated heterocycles. The quantitative estimate of drug-likeness (QED) is 0.709. The molecule has 0 amide bonds. The molecule has 0 aliphatic carbocycles. The Hall–Kier alpha value is -0.0500. The van der Waals surface area contributed by atoms with E-state index in [1.165, 1.54) is 5.56 Å². The van der Waals surface area contributed by atoms with Crippen LogP contribution in [0, 0.1) is 0 Å². The smallest absolute Gasteiger partial charge is 0.0236 e. The fraction of sp³-hybridized carbons (Fsp3) is 0.538. The Morgan fingerprint density at radius 1 is 1.25 bits per heavy atom. The lowest BCUT2D eigenvalue weighted by molar-refractivity contribution is 0.214. The van der Waals surface area contributed by atoms with Crippen molar-refractivity contribution in [3.05, 3.63) is 34.3 Å². The average Bonchev–Trinajstić information content (AvgIpc) is 2.26. The molecule has 0 unspecified atom stereocenters. The third kappa shape index (κ3) is 4.86. The van der Waals surface area contributed by atoms with E-state index in [1.807, 2.05) is 0 Å². The molecule has 1 rings (SSSR count). The lowest BCUT2D eigenvalue weighted by Gasteiger charge is -2.26. The zero-order chi connectivity index (χ0) is 12.0. The zero-order valence-electron chi connectivity index (χ0n) is 9.92. The summed E-state index contributed by atoms with van der Waals surface area (Å²) >= 11 is 9.19. The van der Waals surface area contributed by atoms with Gasteiger partial charge in [0.2, 0.25) is 0 Å². The van der Waals surface area contributed by atoms with Crippen LogP contribution in [0.2, 0.25) is 0 Å². The average molecular weight is 305 g/mol. The Labute approximate surface area is 112 Å². The van der Waals surface area contributed by atoms with E-state index in [0.717, 1.165) is 29.9 Å². The number of halogens is 2. The number of nitrogens with zero attached hydrogens (tertiary/aromatic N) is 1. The molecule has 0 aliphatic rings. The van der Waals surface area contributed by atoms with Gasteiger partial charge in [-0.05, 0) is 44.5 Å². The Morgan fingerprint density at radius 3 is 2.38 bits per heavy atom. The number of benzene rings is 1. The molecular weight excluding hydrogens is 286 g/mol. The van der Waals surface area contributed by atoms with E-state index in [2.05, 4.69) is 58.9 Å². The first kappa shape index (κ1) is 14.0. The van der Waals surface area contributed by atoms with Crippen molar-refractivity contribution in [1.29, 1.82) is 0 Å². The van der Waals surface area contributed by atoms with Gasteiger partial charge >= 0.3 is 0 Å². The van der Waals surface area contributed by atoms with Gasteiger partial charge in [-0.2, -0.15) is 0 Å². The zero-order valence-corrected chi connectivity index (χ0v) is 12.3. The van der Waals surface area contributed by atoms with E-state index in [9.17, 15) is 0 Å². The van der Waals surface area contributed by atoms with Gasteiger partial charge in [0.1, 0.15) is 0 Å². The standard InChI is InChI=1S/C13H19BrClN/c1-11(2)16(9-3-8-15)10-12-4-6-13(14)7-5-12/h4-7,11H,3,8-10H2,1-2H3. The topological polar surface area (TPSA) is 3.24 Å². The second-order valence-corrected chi connectivity index (χ2v) is 5.53. The Morgan fingerprint density at radius 2 is 1.88 bits per heavy atom. The van der Waals surface area contributed by atoms with Crippen LogP contribution in [0.4, 0.5) is 0 Å².